The molecule has 0 saturated carbocycles. The Kier molecular flexibility index (Phi) is 18.9. The third-order valence-electron chi connectivity index (χ3n) is 4.75. The molecule has 0 aromatic heterocycles. The molecule has 0 aromatic rings. The van der Waals surface area contributed by atoms with E-state index in [1.54, 1.807) is 0 Å². The van der Waals surface area contributed by atoms with Gasteiger partial charge in [0.25, 0.3) is 5.71 Å². The third-order valence-corrected chi connectivity index (χ3v) is 4.75. The average Bonchev–Trinajstić information content (AvgIpc) is 3.44. The second kappa shape index (κ2) is 17.5. The minimum atomic E-state index is 0. The Hall–Kier alpha value is -2.04. The van der Waals surface area contributed by atoms with Gasteiger partial charge in [0.1, 0.15) is 5.78 Å². The lowest BCUT2D eigenvalue weighted by Gasteiger charge is -2.17. The summed E-state index contributed by atoms with van der Waals surface area (Å²) in [6.45, 7) is 28.2. The van der Waals surface area contributed by atoms with Gasteiger partial charge in [0.15, 0.2) is 5.66 Å². The van der Waals surface area contributed by atoms with Crippen molar-refractivity contribution in [3.05, 3.63) is 16.0 Å². The molecule has 1 heterocycles. The van der Waals surface area contributed by atoms with Crippen LogP contribution in [0.1, 0.15) is 96.9 Å². The van der Waals surface area contributed by atoms with Gasteiger partial charge in [0, 0.05) is 34.6 Å². The molecule has 0 N–H and O–H groups in total. The number of Topliss-reactive ketones (excluding diaryl/α,β-unsaturated/α-hetero) is 1. The van der Waals surface area contributed by atoms with Gasteiger partial charge in [-0.3, -0.25) is 4.79 Å². The Labute approximate surface area is 196 Å². The van der Waals surface area contributed by atoms with E-state index < -0.39 is 0 Å². The Bertz CT molecular complexity index is 613. The summed E-state index contributed by atoms with van der Waals surface area (Å²) in [5.74, 6) is 2.61. The van der Waals surface area contributed by atoms with E-state index in [0.29, 0.717) is 29.5 Å². The highest BCUT2D eigenvalue weighted by molar-refractivity contribution is 5.82. The number of rotatable bonds is 7. The normalized spacial score (nSPS) is 13.0. The number of hydrogen-bond acceptors (Lipinski definition) is 4. The van der Waals surface area contributed by atoms with Crippen molar-refractivity contribution in [3.8, 4) is 0 Å². The maximum atomic E-state index is 10.8. The first-order valence-electron chi connectivity index (χ1n) is 11.7. The highest BCUT2D eigenvalue weighted by Gasteiger charge is 2.46. The molecule has 0 saturated heterocycles. The summed E-state index contributed by atoms with van der Waals surface area (Å²) in [5.41, 5.74) is 17.0. The summed E-state index contributed by atoms with van der Waals surface area (Å²) < 4.78 is 0. The van der Waals surface area contributed by atoms with Gasteiger partial charge < -0.3 is 5.53 Å². The van der Waals surface area contributed by atoms with E-state index in [9.17, 15) is 4.79 Å². The lowest BCUT2D eigenvalue weighted by molar-refractivity contribution is -0.124. The summed E-state index contributed by atoms with van der Waals surface area (Å²) >= 11 is 0. The quantitative estimate of drug-likeness (QED) is 0.165. The van der Waals surface area contributed by atoms with E-state index >= 15 is 0 Å². The monoisotopic (exact) mass is 451 g/mol. The number of azide groups is 1. The van der Waals surface area contributed by atoms with Gasteiger partial charge in [-0.1, -0.05) is 102 Å². The van der Waals surface area contributed by atoms with Crippen LogP contribution in [-0.4, -0.2) is 28.0 Å². The van der Waals surface area contributed by atoms with Gasteiger partial charge in [-0.15, -0.1) is 0 Å². The fourth-order valence-electron chi connectivity index (χ4n) is 2.85. The fraction of sp³-hybridized carbons (Fsp3) is 0.917. The fourth-order valence-corrected chi connectivity index (χ4v) is 2.85. The maximum absolute atomic E-state index is 10.8. The van der Waals surface area contributed by atoms with Crippen LogP contribution in [0, 0.1) is 35.5 Å². The summed E-state index contributed by atoms with van der Waals surface area (Å²) in [6.07, 6.45) is 0. The molecule has 8 nitrogen and oxygen atoms in total. The Morgan fingerprint density at radius 2 is 1.03 bits per heavy atom. The zero-order chi connectivity index (χ0) is 26.2. The average molecular weight is 452 g/mol. The summed E-state index contributed by atoms with van der Waals surface area (Å²) in [6, 6.07) is 0.106. The summed E-state index contributed by atoms with van der Waals surface area (Å²) in [7, 11) is 0. The van der Waals surface area contributed by atoms with Crippen LogP contribution in [0.2, 0.25) is 0 Å². The molecule has 32 heavy (non-hydrogen) atoms. The molecule has 0 fully saturated rings. The smallest absolute Gasteiger partial charge is 0.273 e. The molecule has 0 spiro atoms. The van der Waals surface area contributed by atoms with Crippen LogP contribution in [0.4, 0.5) is 0 Å². The van der Waals surface area contributed by atoms with Crippen LogP contribution in [0.5, 0.6) is 0 Å². The molecule has 8 heteroatoms. The number of carbonyl (C=O) groups is 1. The van der Waals surface area contributed by atoms with Gasteiger partial charge in [-0.25, -0.2) is 0 Å². The molecule has 0 amide bonds. The summed E-state index contributed by atoms with van der Waals surface area (Å²) in [4.78, 5) is 16.6. The van der Waals surface area contributed by atoms with Crippen molar-refractivity contribution in [2.75, 3.05) is 0 Å². The van der Waals surface area contributed by atoms with Gasteiger partial charge in [-0.05, 0) is 5.53 Å². The zero-order valence-corrected chi connectivity index (χ0v) is 23.1. The molecular weight excluding hydrogens is 402 g/mol. The minimum absolute atomic E-state index is 0. The molecule has 1 aliphatic rings. The second-order valence-electron chi connectivity index (χ2n) is 10.1. The SMILES string of the molecule is CC(C)C(=O)C(C)C.CC(C)C(=[N+]=[N-])C(C)C.CC(C)C1(C(C)C)N=N1.CC(C)N=[N+]=[N-]. The predicted molar refractivity (Wildman–Crippen MR) is 135 cm³/mol. The standard InChI is InChI=1S/2C7H14N2.C7H14O.C3H7N3/c1-5(2)7(6(3)4)8-9-7;1-5(2)7(9-8)6(3)4;1-5(2)7(8)6(3)4;1-3(2)5-6-4/h2*5-6H,1-4H3;5-6H,1-4H3;3H,1-2H3. The highest BCUT2D eigenvalue weighted by Crippen LogP contribution is 2.42. The van der Waals surface area contributed by atoms with Crippen LogP contribution in [0.3, 0.4) is 0 Å². The second-order valence-corrected chi connectivity index (χ2v) is 10.1. The van der Waals surface area contributed by atoms with Crippen molar-refractivity contribution in [3.63, 3.8) is 0 Å². The Balaban J connectivity index is -0.000000355. The topological polar surface area (TPSA) is 127 Å². The first-order valence-corrected chi connectivity index (χ1v) is 11.7. The number of nitrogens with zero attached hydrogens (tertiary/aromatic N) is 7. The molecule has 1 aliphatic heterocycles. The van der Waals surface area contributed by atoms with Gasteiger partial charge in [0.05, 0.1) is 11.8 Å². The highest BCUT2D eigenvalue weighted by atomic mass is 16.1. The van der Waals surface area contributed by atoms with E-state index in [1.165, 1.54) is 0 Å². The predicted octanol–water partition coefficient (Wildman–Crippen LogP) is 8.00. The van der Waals surface area contributed by atoms with Crippen LogP contribution in [0.25, 0.3) is 16.0 Å². The van der Waals surface area contributed by atoms with Crippen LogP contribution >= 0.6 is 0 Å². The van der Waals surface area contributed by atoms with Crippen molar-refractivity contribution in [2.24, 2.45) is 50.9 Å². The van der Waals surface area contributed by atoms with Crippen molar-refractivity contribution in [1.82, 2.24) is 0 Å². The first-order chi connectivity index (χ1) is 14.5. The van der Waals surface area contributed by atoms with E-state index in [4.69, 9.17) is 11.1 Å². The van der Waals surface area contributed by atoms with Crippen LogP contribution in [0.15, 0.2) is 15.3 Å². The van der Waals surface area contributed by atoms with Gasteiger partial charge in [-0.2, -0.15) is 15.0 Å². The molecule has 1 rings (SSSR count). The first kappa shape index (κ1) is 34.6. The summed E-state index contributed by atoms with van der Waals surface area (Å²) in [5, 5.41) is 11.4. The van der Waals surface area contributed by atoms with E-state index in [-0.39, 0.29) is 23.5 Å². The number of carbonyl (C=O) groups excluding carboxylic acids is 1. The molecule has 0 bridgehead atoms. The van der Waals surface area contributed by atoms with Crippen molar-refractivity contribution < 1.29 is 9.58 Å². The largest absolute Gasteiger partial charge is 0.362 e. The van der Waals surface area contributed by atoms with Crippen LogP contribution < -0.4 is 0 Å². The minimum Gasteiger partial charge on any atom is -0.362 e. The Morgan fingerprint density at radius 1 is 0.688 bits per heavy atom. The van der Waals surface area contributed by atoms with Crippen molar-refractivity contribution >= 4 is 11.5 Å². The molecule has 0 radical (unpaired) electrons. The Morgan fingerprint density at radius 3 is 1.03 bits per heavy atom. The zero-order valence-electron chi connectivity index (χ0n) is 23.1. The molecule has 186 valence electrons. The molecule has 0 aliphatic carbocycles. The molecule has 0 aromatic carbocycles. The van der Waals surface area contributed by atoms with Crippen LogP contribution in [-0.2, 0) is 4.79 Å². The molecule has 0 atom stereocenters. The third kappa shape index (κ3) is 15.7. The van der Waals surface area contributed by atoms with Crippen molar-refractivity contribution in [1.29, 1.82) is 0 Å². The molecule has 0 unspecified atom stereocenters. The maximum Gasteiger partial charge on any atom is 0.273 e. The van der Waals surface area contributed by atoms with Gasteiger partial charge >= 0.3 is 0 Å². The van der Waals surface area contributed by atoms with Crippen molar-refractivity contribution in [2.45, 2.75) is 109 Å². The number of hydrogen-bond donors (Lipinski definition) is 0. The molecular formula is C24H49N7O. The van der Waals surface area contributed by atoms with E-state index in [2.05, 4.69) is 52.7 Å². The lowest BCUT2D eigenvalue weighted by atomic mass is 9.89. The lowest BCUT2D eigenvalue weighted by Crippen LogP contribution is -2.25. The number of ketones is 1. The van der Waals surface area contributed by atoms with Gasteiger partial charge in [0.2, 0.25) is 0 Å². The van der Waals surface area contributed by atoms with E-state index in [0.717, 1.165) is 5.71 Å². The van der Waals surface area contributed by atoms with E-state index in [1.807, 2.05) is 69.2 Å².